The molecule has 1 aliphatic rings. The fraction of sp³-hybridized carbons (Fsp3) is 0.235. The number of carbonyl (C=O) groups is 1. The first kappa shape index (κ1) is 14.1. The first-order chi connectivity index (χ1) is 9.85. The van der Waals surface area contributed by atoms with E-state index in [1.807, 2.05) is 13.8 Å². The number of ketones is 1. The summed E-state index contributed by atoms with van der Waals surface area (Å²) in [6.45, 7) is 3.99. The van der Waals surface area contributed by atoms with Crippen LogP contribution in [0.3, 0.4) is 0 Å². The molecular formula is C17H14ClFO2. The van der Waals surface area contributed by atoms with E-state index < -0.39 is 5.82 Å². The van der Waals surface area contributed by atoms with Gasteiger partial charge in [-0.25, -0.2) is 4.39 Å². The van der Waals surface area contributed by atoms with E-state index in [1.54, 1.807) is 18.2 Å². The van der Waals surface area contributed by atoms with E-state index in [2.05, 4.69) is 0 Å². The molecule has 1 heterocycles. The first-order valence-corrected chi connectivity index (χ1v) is 7.05. The Morgan fingerprint density at radius 2 is 2.00 bits per heavy atom. The number of ether oxygens (including phenoxy) is 1. The third kappa shape index (κ3) is 2.66. The number of hydrogen-bond donors (Lipinski definition) is 0. The van der Waals surface area contributed by atoms with E-state index >= 15 is 0 Å². The van der Waals surface area contributed by atoms with Crippen molar-refractivity contribution in [3.63, 3.8) is 0 Å². The lowest BCUT2D eigenvalue weighted by atomic mass is 9.97. The molecule has 3 rings (SSSR count). The molecule has 0 atom stereocenters. The lowest BCUT2D eigenvalue weighted by Gasteiger charge is -2.16. The van der Waals surface area contributed by atoms with Crippen LogP contribution in [0, 0.1) is 5.82 Å². The maximum Gasteiger partial charge on any atom is 0.195 e. The van der Waals surface area contributed by atoms with Crippen molar-refractivity contribution in [3.05, 3.63) is 63.9 Å². The van der Waals surface area contributed by atoms with Crippen molar-refractivity contribution in [3.8, 4) is 5.75 Å². The highest BCUT2D eigenvalue weighted by molar-refractivity contribution is 6.30. The molecule has 0 amide bonds. The van der Waals surface area contributed by atoms with Gasteiger partial charge in [-0.15, -0.1) is 0 Å². The average Bonchev–Trinajstić information content (AvgIpc) is 2.70. The minimum atomic E-state index is -0.607. The fourth-order valence-electron chi connectivity index (χ4n) is 2.58. The van der Waals surface area contributed by atoms with Gasteiger partial charge < -0.3 is 4.74 Å². The van der Waals surface area contributed by atoms with Crippen molar-refractivity contribution in [1.82, 2.24) is 0 Å². The van der Waals surface area contributed by atoms with Crippen LogP contribution in [0.25, 0.3) is 0 Å². The Morgan fingerprint density at radius 1 is 1.24 bits per heavy atom. The van der Waals surface area contributed by atoms with Gasteiger partial charge in [0, 0.05) is 17.0 Å². The van der Waals surface area contributed by atoms with Crippen LogP contribution in [0.5, 0.6) is 5.75 Å². The molecule has 0 radical (unpaired) electrons. The third-order valence-corrected chi connectivity index (χ3v) is 3.74. The quantitative estimate of drug-likeness (QED) is 0.768. The fourth-order valence-corrected chi connectivity index (χ4v) is 2.74. The highest BCUT2D eigenvalue weighted by atomic mass is 35.5. The molecule has 0 unspecified atom stereocenters. The Morgan fingerprint density at radius 3 is 2.71 bits per heavy atom. The summed E-state index contributed by atoms with van der Waals surface area (Å²) in [6, 6.07) is 9.28. The van der Waals surface area contributed by atoms with Gasteiger partial charge in [-0.3, -0.25) is 4.79 Å². The molecule has 0 spiro atoms. The minimum Gasteiger partial charge on any atom is -0.487 e. The molecule has 0 saturated carbocycles. The van der Waals surface area contributed by atoms with Gasteiger partial charge in [-0.2, -0.15) is 0 Å². The van der Waals surface area contributed by atoms with Crippen LogP contribution in [0.1, 0.15) is 35.3 Å². The van der Waals surface area contributed by atoms with Crippen LogP contribution >= 0.6 is 11.6 Å². The predicted molar refractivity (Wildman–Crippen MR) is 79.7 cm³/mol. The number of fused-ring (bicyclic) bond motifs is 1. The van der Waals surface area contributed by atoms with Gasteiger partial charge in [0.25, 0.3) is 0 Å². The second-order valence-corrected chi connectivity index (χ2v) is 6.25. The summed E-state index contributed by atoms with van der Waals surface area (Å²) in [5, 5.41) is 0.271. The monoisotopic (exact) mass is 304 g/mol. The molecule has 0 bridgehead atoms. The topological polar surface area (TPSA) is 26.3 Å². The highest BCUT2D eigenvalue weighted by Crippen LogP contribution is 2.35. The van der Waals surface area contributed by atoms with E-state index in [-0.39, 0.29) is 22.0 Å². The number of hydrogen-bond acceptors (Lipinski definition) is 2. The van der Waals surface area contributed by atoms with Crippen LogP contribution in [-0.2, 0) is 6.42 Å². The van der Waals surface area contributed by atoms with Gasteiger partial charge in [-0.05, 0) is 55.8 Å². The minimum absolute atomic E-state index is 0.0255. The Kier molecular flexibility index (Phi) is 3.25. The van der Waals surface area contributed by atoms with E-state index in [0.717, 1.165) is 23.8 Å². The van der Waals surface area contributed by atoms with Gasteiger partial charge in [0.1, 0.15) is 17.2 Å². The van der Waals surface area contributed by atoms with E-state index in [0.29, 0.717) is 5.56 Å². The van der Waals surface area contributed by atoms with Crippen molar-refractivity contribution in [2.75, 3.05) is 0 Å². The lowest BCUT2D eigenvalue weighted by molar-refractivity contribution is 0.103. The smallest absolute Gasteiger partial charge is 0.195 e. The Labute approximate surface area is 127 Å². The molecule has 0 aromatic heterocycles. The van der Waals surface area contributed by atoms with Gasteiger partial charge in [-0.1, -0.05) is 11.6 Å². The van der Waals surface area contributed by atoms with Gasteiger partial charge in [0.15, 0.2) is 5.78 Å². The van der Waals surface area contributed by atoms with Crippen molar-refractivity contribution < 1.29 is 13.9 Å². The summed E-state index contributed by atoms with van der Waals surface area (Å²) >= 11 is 5.71. The van der Waals surface area contributed by atoms with E-state index in [4.69, 9.17) is 16.3 Å². The van der Waals surface area contributed by atoms with Crippen LogP contribution < -0.4 is 4.74 Å². The Hall–Kier alpha value is -1.87. The SMILES string of the molecule is CC1(C)Cc2cc(C(=O)c3ccc(Cl)cc3F)ccc2O1. The average molecular weight is 305 g/mol. The standard InChI is InChI=1S/C17H14ClFO2/c1-17(2)9-11-7-10(3-6-15(11)21-17)16(20)13-5-4-12(18)8-14(13)19/h3-8H,9H2,1-2H3. The van der Waals surface area contributed by atoms with Gasteiger partial charge in [0.2, 0.25) is 0 Å². The molecule has 2 nitrogen and oxygen atoms in total. The van der Waals surface area contributed by atoms with Crippen molar-refractivity contribution >= 4 is 17.4 Å². The maximum atomic E-state index is 13.9. The van der Waals surface area contributed by atoms with Crippen LogP contribution in [-0.4, -0.2) is 11.4 Å². The summed E-state index contributed by atoms with van der Waals surface area (Å²) < 4.78 is 19.6. The normalized spacial score (nSPS) is 15.4. The predicted octanol–water partition coefficient (Wildman–Crippen LogP) is 4.42. The molecular weight excluding hydrogens is 291 g/mol. The number of rotatable bonds is 2. The molecule has 108 valence electrons. The summed E-state index contributed by atoms with van der Waals surface area (Å²) in [5.41, 5.74) is 1.18. The molecule has 2 aromatic carbocycles. The molecule has 21 heavy (non-hydrogen) atoms. The lowest BCUT2D eigenvalue weighted by Crippen LogP contribution is -2.24. The van der Waals surface area contributed by atoms with Crippen LogP contribution in [0.15, 0.2) is 36.4 Å². The summed E-state index contributed by atoms with van der Waals surface area (Å²) in [7, 11) is 0. The maximum absolute atomic E-state index is 13.9. The highest BCUT2D eigenvalue weighted by Gasteiger charge is 2.30. The molecule has 4 heteroatoms. The number of carbonyl (C=O) groups excluding carboxylic acids is 1. The van der Waals surface area contributed by atoms with E-state index in [1.165, 1.54) is 12.1 Å². The molecule has 0 N–H and O–H groups in total. The van der Waals surface area contributed by atoms with Gasteiger partial charge in [0.05, 0.1) is 5.56 Å². The van der Waals surface area contributed by atoms with Crippen molar-refractivity contribution in [2.45, 2.75) is 25.9 Å². The van der Waals surface area contributed by atoms with Crippen molar-refractivity contribution in [1.29, 1.82) is 0 Å². The summed E-state index contributed by atoms with van der Waals surface area (Å²) in [4.78, 5) is 12.4. The molecule has 2 aromatic rings. The molecule has 0 fully saturated rings. The number of benzene rings is 2. The Bertz CT molecular complexity index is 738. The van der Waals surface area contributed by atoms with Crippen LogP contribution in [0.2, 0.25) is 5.02 Å². The second-order valence-electron chi connectivity index (χ2n) is 5.81. The molecule has 1 aliphatic heterocycles. The largest absolute Gasteiger partial charge is 0.487 e. The molecule has 0 saturated heterocycles. The first-order valence-electron chi connectivity index (χ1n) is 6.67. The third-order valence-electron chi connectivity index (χ3n) is 3.50. The van der Waals surface area contributed by atoms with Crippen LogP contribution in [0.4, 0.5) is 4.39 Å². The van der Waals surface area contributed by atoms with E-state index in [9.17, 15) is 9.18 Å². The van der Waals surface area contributed by atoms with Crippen molar-refractivity contribution in [2.24, 2.45) is 0 Å². The zero-order chi connectivity index (χ0) is 15.2. The summed E-state index contributed by atoms with van der Waals surface area (Å²) in [6.07, 6.45) is 0.729. The second kappa shape index (κ2) is 4.85. The Balaban J connectivity index is 1.97. The zero-order valence-electron chi connectivity index (χ0n) is 11.7. The van der Waals surface area contributed by atoms with Gasteiger partial charge >= 0.3 is 0 Å². The molecule has 0 aliphatic carbocycles. The zero-order valence-corrected chi connectivity index (χ0v) is 12.5. The number of halogens is 2. The summed E-state index contributed by atoms with van der Waals surface area (Å²) in [5.74, 6) is -0.172.